The second-order valence-electron chi connectivity index (χ2n) is 7.14. The number of rotatable bonds is 5. The van der Waals surface area contributed by atoms with Crippen LogP contribution in [0, 0.1) is 0 Å². The average molecular weight is 426 g/mol. The fourth-order valence-electron chi connectivity index (χ4n) is 3.60. The summed E-state index contributed by atoms with van der Waals surface area (Å²) < 4.78 is 30.9. The molecule has 156 valence electrons. The molecule has 4 rings (SSSR count). The van der Waals surface area contributed by atoms with Gasteiger partial charge in [-0.25, -0.2) is 8.42 Å². The molecule has 1 unspecified atom stereocenters. The molecule has 1 atom stereocenters. The molecule has 1 saturated heterocycles. The molecule has 1 amide bonds. The summed E-state index contributed by atoms with van der Waals surface area (Å²) in [6.07, 6.45) is 3.77. The van der Waals surface area contributed by atoms with Crippen LogP contribution in [0.3, 0.4) is 0 Å². The number of para-hydroxylation sites is 1. The van der Waals surface area contributed by atoms with Gasteiger partial charge in [0.25, 0.3) is 0 Å². The van der Waals surface area contributed by atoms with Crippen molar-refractivity contribution in [1.29, 1.82) is 0 Å². The van der Waals surface area contributed by atoms with Gasteiger partial charge in [0.15, 0.2) is 0 Å². The second kappa shape index (κ2) is 8.23. The average Bonchev–Trinajstić information content (AvgIpc) is 2.80. The molecule has 7 nitrogen and oxygen atoms in total. The highest BCUT2D eigenvalue weighted by atomic mass is 32.2. The lowest BCUT2D eigenvalue weighted by Crippen LogP contribution is -2.46. The molecule has 0 radical (unpaired) electrons. The second-order valence-corrected chi connectivity index (χ2v) is 9.17. The van der Waals surface area contributed by atoms with Crippen LogP contribution in [0.2, 0.25) is 0 Å². The fraction of sp³-hybridized carbons (Fsp3) is 0.227. The van der Waals surface area contributed by atoms with Crippen LogP contribution in [0.15, 0.2) is 83.5 Å². The Hall–Kier alpha value is -3.26. The van der Waals surface area contributed by atoms with E-state index in [1.165, 1.54) is 24.1 Å². The fourth-order valence-corrected chi connectivity index (χ4v) is 4.92. The summed E-state index contributed by atoms with van der Waals surface area (Å²) in [5.41, 5.74) is 6.27. The highest BCUT2D eigenvalue weighted by Crippen LogP contribution is 2.26. The summed E-state index contributed by atoms with van der Waals surface area (Å²) in [5.74, 6) is -0.695. The molecule has 2 aromatic rings. The van der Waals surface area contributed by atoms with Crippen molar-refractivity contribution in [2.75, 3.05) is 36.0 Å². The zero-order chi connectivity index (χ0) is 21.1. The molecule has 0 saturated carbocycles. The van der Waals surface area contributed by atoms with Gasteiger partial charge in [0.1, 0.15) is 0 Å². The zero-order valence-corrected chi connectivity index (χ0v) is 17.2. The first-order valence-electron chi connectivity index (χ1n) is 9.68. The van der Waals surface area contributed by atoms with Gasteiger partial charge in [-0.3, -0.25) is 4.79 Å². The molecule has 0 bridgehead atoms. The predicted molar refractivity (Wildman–Crippen MR) is 116 cm³/mol. The summed E-state index contributed by atoms with van der Waals surface area (Å²) in [5, 5.41) is 0. The number of piperazine rings is 1. The smallest absolute Gasteiger partial charge is 0.248 e. The van der Waals surface area contributed by atoms with Crippen LogP contribution in [0.5, 0.6) is 0 Å². The summed E-state index contributed by atoms with van der Waals surface area (Å²) in [7, 11) is -3.81. The molecule has 8 heteroatoms. The van der Waals surface area contributed by atoms with E-state index in [0.29, 0.717) is 0 Å². The Morgan fingerprint density at radius 2 is 1.47 bits per heavy atom. The molecular formula is C22H23N3O4S. The quantitative estimate of drug-likeness (QED) is 0.788. The topological polar surface area (TPSA) is 92.9 Å². The van der Waals surface area contributed by atoms with Crippen molar-refractivity contribution in [2.24, 2.45) is 5.73 Å². The maximum atomic E-state index is 12.9. The summed E-state index contributed by atoms with van der Waals surface area (Å²) >= 11 is 0. The minimum Gasteiger partial charge on any atom is -0.478 e. The standard InChI is InChI=1S/C22H23N3O4S/c23-22(26)17-10-15-29-21(16-17)30(27,28)20-8-6-19(7-9-20)25-13-11-24(12-14-25)18-4-2-1-3-5-18/h1-10,15-16,21H,11-14H2,(H2,23,26). The Bertz CT molecular complexity index is 1070. The van der Waals surface area contributed by atoms with Gasteiger partial charge >= 0.3 is 0 Å². The minimum atomic E-state index is -3.81. The Morgan fingerprint density at radius 1 is 0.900 bits per heavy atom. The Morgan fingerprint density at radius 3 is 2.03 bits per heavy atom. The van der Waals surface area contributed by atoms with Crippen molar-refractivity contribution in [1.82, 2.24) is 0 Å². The molecule has 0 aromatic heterocycles. The molecule has 30 heavy (non-hydrogen) atoms. The molecule has 1 fully saturated rings. The van der Waals surface area contributed by atoms with Crippen molar-refractivity contribution in [3.05, 3.63) is 78.6 Å². The van der Waals surface area contributed by atoms with Crippen LogP contribution in [-0.4, -0.2) is 45.9 Å². The Balaban J connectivity index is 1.44. The number of hydrogen-bond donors (Lipinski definition) is 1. The van der Waals surface area contributed by atoms with Gasteiger partial charge in [0.05, 0.1) is 11.2 Å². The van der Waals surface area contributed by atoms with E-state index in [2.05, 4.69) is 21.9 Å². The number of anilines is 2. The van der Waals surface area contributed by atoms with Crippen LogP contribution in [-0.2, 0) is 19.4 Å². The maximum absolute atomic E-state index is 12.9. The van der Waals surface area contributed by atoms with E-state index in [-0.39, 0.29) is 10.5 Å². The van der Waals surface area contributed by atoms with Crippen molar-refractivity contribution in [2.45, 2.75) is 10.3 Å². The number of benzene rings is 2. The minimum absolute atomic E-state index is 0.114. The normalized spacial score (nSPS) is 19.2. The third kappa shape index (κ3) is 4.04. The van der Waals surface area contributed by atoms with Gasteiger partial charge in [-0.1, -0.05) is 18.2 Å². The first kappa shape index (κ1) is 20.0. The van der Waals surface area contributed by atoms with Gasteiger partial charge < -0.3 is 20.3 Å². The first-order valence-corrected chi connectivity index (χ1v) is 11.2. The SMILES string of the molecule is NC(=O)C1=CC(S(=O)(=O)c2ccc(N3CCN(c4ccccc4)CC3)cc2)OC=C1. The highest BCUT2D eigenvalue weighted by Gasteiger charge is 2.29. The van der Waals surface area contributed by atoms with E-state index in [9.17, 15) is 13.2 Å². The lowest BCUT2D eigenvalue weighted by atomic mass is 10.2. The van der Waals surface area contributed by atoms with Crippen LogP contribution in [0.25, 0.3) is 0 Å². The molecule has 0 spiro atoms. The molecule has 2 aromatic carbocycles. The van der Waals surface area contributed by atoms with E-state index in [1.54, 1.807) is 12.1 Å². The van der Waals surface area contributed by atoms with Gasteiger partial charge in [-0.05, 0) is 48.6 Å². The predicted octanol–water partition coefficient (Wildman–Crippen LogP) is 2.07. The van der Waals surface area contributed by atoms with E-state index < -0.39 is 21.2 Å². The number of nitrogens with zero attached hydrogens (tertiary/aromatic N) is 2. The number of amides is 1. The molecular weight excluding hydrogens is 402 g/mol. The third-order valence-corrected chi connectivity index (χ3v) is 7.09. The highest BCUT2D eigenvalue weighted by molar-refractivity contribution is 7.92. The van der Waals surface area contributed by atoms with Crippen LogP contribution in [0.1, 0.15) is 0 Å². The van der Waals surface area contributed by atoms with Gasteiger partial charge in [-0.15, -0.1) is 0 Å². The van der Waals surface area contributed by atoms with Crippen molar-refractivity contribution in [3.63, 3.8) is 0 Å². The van der Waals surface area contributed by atoms with Gasteiger partial charge in [0, 0.05) is 43.1 Å². The third-order valence-electron chi connectivity index (χ3n) is 5.30. The largest absolute Gasteiger partial charge is 0.478 e. The molecule has 2 heterocycles. The number of nitrogens with two attached hydrogens (primary N) is 1. The van der Waals surface area contributed by atoms with Crippen LogP contribution >= 0.6 is 0 Å². The van der Waals surface area contributed by atoms with Crippen molar-refractivity contribution < 1.29 is 17.9 Å². The first-order chi connectivity index (χ1) is 14.4. The maximum Gasteiger partial charge on any atom is 0.248 e. The van der Waals surface area contributed by atoms with E-state index in [1.807, 2.05) is 30.3 Å². The van der Waals surface area contributed by atoms with Gasteiger partial charge in [0.2, 0.25) is 21.2 Å². The monoisotopic (exact) mass is 425 g/mol. The molecule has 0 aliphatic carbocycles. The number of hydrogen-bond acceptors (Lipinski definition) is 6. The van der Waals surface area contributed by atoms with Crippen LogP contribution < -0.4 is 15.5 Å². The molecule has 2 aliphatic heterocycles. The Kier molecular flexibility index (Phi) is 5.50. The van der Waals surface area contributed by atoms with Crippen molar-refractivity contribution in [3.8, 4) is 0 Å². The summed E-state index contributed by atoms with van der Waals surface area (Å²) in [6, 6.07) is 17.1. The van der Waals surface area contributed by atoms with Crippen LogP contribution in [0.4, 0.5) is 11.4 Å². The molecule has 2 N–H and O–H groups in total. The van der Waals surface area contributed by atoms with Crippen molar-refractivity contribution >= 4 is 27.1 Å². The van der Waals surface area contributed by atoms with E-state index in [4.69, 9.17) is 10.5 Å². The number of ether oxygens (including phenoxy) is 1. The zero-order valence-electron chi connectivity index (χ0n) is 16.3. The van der Waals surface area contributed by atoms with E-state index in [0.717, 1.165) is 31.9 Å². The lowest BCUT2D eigenvalue weighted by molar-refractivity contribution is -0.114. The Labute approximate surface area is 176 Å². The van der Waals surface area contributed by atoms with Gasteiger partial charge in [-0.2, -0.15) is 0 Å². The van der Waals surface area contributed by atoms with E-state index >= 15 is 0 Å². The number of sulfone groups is 1. The molecule has 2 aliphatic rings. The number of carbonyl (C=O) groups is 1. The number of primary amides is 1. The summed E-state index contributed by atoms with van der Waals surface area (Å²) in [6.45, 7) is 3.49. The number of carbonyl (C=O) groups excluding carboxylic acids is 1. The lowest BCUT2D eigenvalue weighted by Gasteiger charge is -2.37. The summed E-state index contributed by atoms with van der Waals surface area (Å²) in [4.78, 5) is 16.1.